The van der Waals surface area contributed by atoms with Gasteiger partial charge in [0.1, 0.15) is 0 Å². The second-order valence-electron chi connectivity index (χ2n) is 4.59. The first-order valence-electron chi connectivity index (χ1n) is 6.35. The molecule has 3 rings (SSSR count). The monoisotopic (exact) mass is 309 g/mol. The molecule has 0 radical (unpaired) electrons. The average Bonchev–Trinajstić information content (AvgIpc) is 3.07. The summed E-state index contributed by atoms with van der Waals surface area (Å²) < 4.78 is 26.1. The highest BCUT2D eigenvalue weighted by molar-refractivity contribution is 8.00. The molecule has 0 amide bonds. The largest absolute Gasteiger partial charge is 0.351 e. The van der Waals surface area contributed by atoms with E-state index in [1.165, 1.54) is 0 Å². The van der Waals surface area contributed by atoms with Crippen LogP contribution >= 0.6 is 11.8 Å². The number of fused-ring (bicyclic) bond motifs is 1. The molecule has 1 aromatic carbocycles. The smallest absolute Gasteiger partial charge is 0.232 e. The van der Waals surface area contributed by atoms with Crippen LogP contribution in [0, 0.1) is 0 Å². The summed E-state index contributed by atoms with van der Waals surface area (Å²) in [6, 6.07) is 5.74. The second-order valence-corrected chi connectivity index (χ2v) is 7.63. The maximum Gasteiger partial charge on any atom is 0.232 e. The Labute approximate surface area is 122 Å². The molecule has 0 aliphatic carbocycles. The minimum Gasteiger partial charge on any atom is -0.351 e. The SMILES string of the molecule is CCS(=O)(=O)Nc1cccc2c1SCC2c1c[nH]cn1. The number of sulfonamides is 1. The fourth-order valence-electron chi connectivity index (χ4n) is 2.27. The van der Waals surface area contributed by atoms with Crippen molar-refractivity contribution in [2.24, 2.45) is 0 Å². The molecule has 0 bridgehead atoms. The lowest BCUT2D eigenvalue weighted by Crippen LogP contribution is -2.15. The van der Waals surface area contributed by atoms with Gasteiger partial charge in [-0.05, 0) is 18.6 Å². The zero-order valence-electron chi connectivity index (χ0n) is 11.0. The van der Waals surface area contributed by atoms with Crippen molar-refractivity contribution in [3.8, 4) is 0 Å². The van der Waals surface area contributed by atoms with E-state index in [2.05, 4.69) is 14.7 Å². The molecule has 1 aromatic heterocycles. The lowest BCUT2D eigenvalue weighted by molar-refractivity contribution is 0.602. The third kappa shape index (κ3) is 2.43. The van der Waals surface area contributed by atoms with Gasteiger partial charge in [0.05, 0.1) is 23.5 Å². The molecule has 0 saturated carbocycles. The first-order valence-corrected chi connectivity index (χ1v) is 8.99. The molecule has 1 atom stereocenters. The molecule has 2 heterocycles. The molecular formula is C13H15N3O2S2. The molecule has 2 aromatic rings. The van der Waals surface area contributed by atoms with Crippen molar-refractivity contribution in [1.29, 1.82) is 0 Å². The Morgan fingerprint density at radius 1 is 1.50 bits per heavy atom. The highest BCUT2D eigenvalue weighted by Crippen LogP contribution is 2.46. The zero-order valence-corrected chi connectivity index (χ0v) is 12.6. The number of thioether (sulfide) groups is 1. The highest BCUT2D eigenvalue weighted by atomic mass is 32.2. The highest BCUT2D eigenvalue weighted by Gasteiger charge is 2.28. The van der Waals surface area contributed by atoms with Gasteiger partial charge in [-0.2, -0.15) is 0 Å². The van der Waals surface area contributed by atoms with E-state index in [-0.39, 0.29) is 11.7 Å². The van der Waals surface area contributed by atoms with Crippen molar-refractivity contribution in [3.05, 3.63) is 42.0 Å². The number of nitrogens with one attached hydrogen (secondary N) is 2. The topological polar surface area (TPSA) is 74.8 Å². The number of hydrogen-bond donors (Lipinski definition) is 2. The van der Waals surface area contributed by atoms with Crippen molar-refractivity contribution in [2.45, 2.75) is 17.7 Å². The molecule has 1 aliphatic rings. The number of rotatable bonds is 4. The van der Waals surface area contributed by atoms with Gasteiger partial charge in [0.2, 0.25) is 10.0 Å². The molecule has 0 saturated heterocycles. The Morgan fingerprint density at radius 2 is 2.35 bits per heavy atom. The fraction of sp³-hybridized carbons (Fsp3) is 0.308. The van der Waals surface area contributed by atoms with Crippen LogP contribution < -0.4 is 4.72 Å². The van der Waals surface area contributed by atoms with Crippen molar-refractivity contribution >= 4 is 27.5 Å². The predicted octanol–water partition coefficient (Wildman–Crippen LogP) is 2.41. The summed E-state index contributed by atoms with van der Waals surface area (Å²) in [4.78, 5) is 8.29. The quantitative estimate of drug-likeness (QED) is 0.909. The minimum absolute atomic E-state index is 0.0735. The van der Waals surface area contributed by atoms with Gasteiger partial charge < -0.3 is 4.98 Å². The maximum atomic E-state index is 11.7. The van der Waals surface area contributed by atoms with E-state index < -0.39 is 10.0 Å². The zero-order chi connectivity index (χ0) is 14.2. The normalized spacial score (nSPS) is 17.9. The summed E-state index contributed by atoms with van der Waals surface area (Å²) in [6.45, 7) is 1.63. The summed E-state index contributed by atoms with van der Waals surface area (Å²) in [6.07, 6.45) is 3.56. The Morgan fingerprint density at radius 3 is 3.05 bits per heavy atom. The average molecular weight is 309 g/mol. The Bertz CT molecular complexity index is 711. The van der Waals surface area contributed by atoms with Crippen LogP contribution in [-0.2, 0) is 10.0 Å². The van der Waals surface area contributed by atoms with Crippen LogP contribution in [0.3, 0.4) is 0 Å². The van der Waals surface area contributed by atoms with E-state index in [4.69, 9.17) is 0 Å². The molecule has 20 heavy (non-hydrogen) atoms. The molecular weight excluding hydrogens is 294 g/mol. The molecule has 0 fully saturated rings. The van der Waals surface area contributed by atoms with Gasteiger partial charge in [-0.25, -0.2) is 13.4 Å². The van der Waals surface area contributed by atoms with Crippen molar-refractivity contribution < 1.29 is 8.42 Å². The van der Waals surface area contributed by atoms with Crippen LogP contribution in [0.1, 0.15) is 24.1 Å². The van der Waals surface area contributed by atoms with Gasteiger partial charge in [0.15, 0.2) is 0 Å². The number of nitrogens with zero attached hydrogens (tertiary/aromatic N) is 1. The number of benzene rings is 1. The van der Waals surface area contributed by atoms with Gasteiger partial charge in [-0.15, -0.1) is 11.8 Å². The van der Waals surface area contributed by atoms with Crippen LogP contribution in [0.2, 0.25) is 0 Å². The first kappa shape index (κ1) is 13.5. The number of imidazole rings is 1. The Balaban J connectivity index is 1.98. The van der Waals surface area contributed by atoms with Gasteiger partial charge in [-0.1, -0.05) is 12.1 Å². The van der Waals surface area contributed by atoms with E-state index in [9.17, 15) is 8.42 Å². The van der Waals surface area contributed by atoms with E-state index >= 15 is 0 Å². The summed E-state index contributed by atoms with van der Waals surface area (Å²) in [5.74, 6) is 1.17. The summed E-state index contributed by atoms with van der Waals surface area (Å²) in [5, 5.41) is 0. The van der Waals surface area contributed by atoms with E-state index in [0.717, 1.165) is 21.9 Å². The van der Waals surface area contributed by atoms with E-state index in [0.29, 0.717) is 5.69 Å². The lowest BCUT2D eigenvalue weighted by Gasteiger charge is -2.11. The fourth-order valence-corrected chi connectivity index (χ4v) is 4.32. The maximum absolute atomic E-state index is 11.7. The third-order valence-electron chi connectivity index (χ3n) is 3.34. The lowest BCUT2D eigenvalue weighted by atomic mass is 9.98. The van der Waals surface area contributed by atoms with Gasteiger partial charge in [0.25, 0.3) is 0 Å². The van der Waals surface area contributed by atoms with Crippen LogP contribution in [0.25, 0.3) is 0 Å². The predicted molar refractivity (Wildman–Crippen MR) is 80.7 cm³/mol. The molecule has 0 spiro atoms. The third-order valence-corrected chi connectivity index (χ3v) is 5.87. The standard InChI is InChI=1S/C13H15N3O2S2/c1-2-20(17,18)16-11-5-3-4-9-10(7-19-13(9)11)12-6-14-8-15-12/h3-6,8,10,16H,2,7H2,1H3,(H,14,15). The van der Waals surface area contributed by atoms with Crippen molar-refractivity contribution in [1.82, 2.24) is 9.97 Å². The Hall–Kier alpha value is -1.47. The Kier molecular flexibility index (Phi) is 3.47. The van der Waals surface area contributed by atoms with Crippen LogP contribution in [0.4, 0.5) is 5.69 Å². The molecule has 2 N–H and O–H groups in total. The summed E-state index contributed by atoms with van der Waals surface area (Å²) in [7, 11) is -3.25. The molecule has 7 heteroatoms. The van der Waals surface area contributed by atoms with Crippen LogP contribution in [-0.4, -0.2) is 29.9 Å². The number of anilines is 1. The molecule has 1 aliphatic heterocycles. The number of aromatic nitrogens is 2. The van der Waals surface area contributed by atoms with E-state index in [1.54, 1.807) is 25.0 Å². The number of aromatic amines is 1. The second kappa shape index (κ2) is 5.14. The number of H-pyrrole nitrogens is 1. The van der Waals surface area contributed by atoms with Crippen molar-refractivity contribution in [2.75, 3.05) is 16.2 Å². The molecule has 5 nitrogen and oxygen atoms in total. The van der Waals surface area contributed by atoms with Crippen molar-refractivity contribution in [3.63, 3.8) is 0 Å². The summed E-state index contributed by atoms with van der Waals surface area (Å²) in [5.41, 5.74) is 2.80. The van der Waals surface area contributed by atoms with Crippen LogP contribution in [0.15, 0.2) is 35.6 Å². The van der Waals surface area contributed by atoms with E-state index in [1.807, 2.05) is 24.4 Å². The van der Waals surface area contributed by atoms with Crippen LogP contribution in [0.5, 0.6) is 0 Å². The van der Waals surface area contributed by atoms with Gasteiger partial charge in [0, 0.05) is 22.8 Å². The molecule has 1 unspecified atom stereocenters. The first-order chi connectivity index (χ1) is 9.61. The van der Waals surface area contributed by atoms with Gasteiger partial charge in [-0.3, -0.25) is 4.72 Å². The molecule has 106 valence electrons. The summed E-state index contributed by atoms with van der Waals surface area (Å²) >= 11 is 1.67. The minimum atomic E-state index is -3.25. The van der Waals surface area contributed by atoms with Gasteiger partial charge >= 0.3 is 0 Å². The number of hydrogen-bond acceptors (Lipinski definition) is 4.